The van der Waals surface area contributed by atoms with Gasteiger partial charge < -0.3 is 11.1 Å². The quantitative estimate of drug-likeness (QED) is 0.770. The molecule has 3 N–H and O–H groups in total. The van der Waals surface area contributed by atoms with E-state index in [0.717, 1.165) is 12.0 Å². The van der Waals surface area contributed by atoms with E-state index < -0.39 is 6.04 Å². The first-order valence-electron chi connectivity index (χ1n) is 5.53. The third-order valence-electron chi connectivity index (χ3n) is 2.48. The van der Waals surface area contributed by atoms with E-state index in [1.54, 1.807) is 12.4 Å². The normalized spacial score (nSPS) is 12.5. The van der Waals surface area contributed by atoms with Crippen molar-refractivity contribution in [3.8, 4) is 0 Å². The van der Waals surface area contributed by atoms with Gasteiger partial charge in [-0.05, 0) is 30.0 Å². The summed E-state index contributed by atoms with van der Waals surface area (Å²) in [6.07, 6.45) is 4.30. The van der Waals surface area contributed by atoms with Gasteiger partial charge in [-0.25, -0.2) is 0 Å². The fourth-order valence-electron chi connectivity index (χ4n) is 1.30. The van der Waals surface area contributed by atoms with E-state index in [1.165, 1.54) is 0 Å². The molecular weight excluding hydrogens is 202 g/mol. The van der Waals surface area contributed by atoms with Crippen molar-refractivity contribution in [2.75, 3.05) is 6.54 Å². The van der Waals surface area contributed by atoms with E-state index in [9.17, 15) is 4.79 Å². The highest BCUT2D eigenvalue weighted by Gasteiger charge is 2.15. The van der Waals surface area contributed by atoms with E-state index in [4.69, 9.17) is 5.73 Å². The summed E-state index contributed by atoms with van der Waals surface area (Å²) in [5.74, 6) is 0.0879. The van der Waals surface area contributed by atoms with Crippen LogP contribution in [0.3, 0.4) is 0 Å². The second-order valence-corrected chi connectivity index (χ2v) is 4.17. The molecule has 16 heavy (non-hydrogen) atoms. The number of hydrogen-bond acceptors (Lipinski definition) is 3. The molecular formula is C12H19N3O. The predicted molar refractivity (Wildman–Crippen MR) is 63.8 cm³/mol. The van der Waals surface area contributed by atoms with Crippen molar-refractivity contribution in [2.24, 2.45) is 11.7 Å². The first-order chi connectivity index (χ1) is 7.61. The summed E-state index contributed by atoms with van der Waals surface area (Å²) in [6, 6.07) is 3.46. The molecule has 0 aliphatic carbocycles. The fraction of sp³-hybridized carbons (Fsp3) is 0.500. The number of rotatable bonds is 5. The average Bonchev–Trinajstić information content (AvgIpc) is 2.29. The molecule has 88 valence electrons. The third-order valence-corrected chi connectivity index (χ3v) is 2.48. The first-order valence-corrected chi connectivity index (χ1v) is 5.53. The minimum Gasteiger partial charge on any atom is -0.354 e. The Morgan fingerprint density at radius 2 is 2.06 bits per heavy atom. The Hall–Kier alpha value is -1.42. The summed E-state index contributed by atoms with van der Waals surface area (Å²) < 4.78 is 0. The lowest BCUT2D eigenvalue weighted by atomic mass is 10.1. The van der Waals surface area contributed by atoms with E-state index >= 15 is 0 Å². The number of hydrogen-bond donors (Lipinski definition) is 2. The van der Waals surface area contributed by atoms with Gasteiger partial charge in [-0.15, -0.1) is 0 Å². The van der Waals surface area contributed by atoms with Gasteiger partial charge in [0.2, 0.25) is 5.91 Å². The van der Waals surface area contributed by atoms with Gasteiger partial charge in [0, 0.05) is 18.9 Å². The zero-order valence-corrected chi connectivity index (χ0v) is 9.81. The molecule has 1 aromatic heterocycles. The molecule has 1 rings (SSSR count). The van der Waals surface area contributed by atoms with Crippen molar-refractivity contribution >= 4 is 5.91 Å². The van der Waals surface area contributed by atoms with Crippen molar-refractivity contribution in [1.82, 2.24) is 10.3 Å². The molecule has 0 radical (unpaired) electrons. The maximum atomic E-state index is 11.5. The standard InChI is InChI=1S/C12H19N3O/c1-9(2)11(13)12(16)15-8-5-10-3-6-14-7-4-10/h3-4,6-7,9,11H,5,8,13H2,1-2H3,(H,15,16)/t11-/m1/s1. The van der Waals surface area contributed by atoms with Crippen LogP contribution in [0.4, 0.5) is 0 Å². The van der Waals surface area contributed by atoms with Gasteiger partial charge in [0.05, 0.1) is 6.04 Å². The smallest absolute Gasteiger partial charge is 0.237 e. The minimum absolute atomic E-state index is 0.0796. The molecule has 1 atom stereocenters. The molecule has 4 nitrogen and oxygen atoms in total. The molecule has 1 heterocycles. The second-order valence-electron chi connectivity index (χ2n) is 4.17. The van der Waals surface area contributed by atoms with Crippen LogP contribution in [0.15, 0.2) is 24.5 Å². The Morgan fingerprint density at radius 3 is 2.62 bits per heavy atom. The Balaban J connectivity index is 2.28. The Bertz CT molecular complexity index is 324. The van der Waals surface area contributed by atoms with Crippen molar-refractivity contribution in [2.45, 2.75) is 26.3 Å². The van der Waals surface area contributed by atoms with Gasteiger partial charge in [0.15, 0.2) is 0 Å². The molecule has 0 saturated heterocycles. The number of carbonyl (C=O) groups is 1. The van der Waals surface area contributed by atoms with Crippen LogP contribution in [-0.2, 0) is 11.2 Å². The number of amides is 1. The lowest BCUT2D eigenvalue weighted by molar-refractivity contribution is -0.123. The van der Waals surface area contributed by atoms with Crippen molar-refractivity contribution < 1.29 is 4.79 Å². The number of nitrogens with two attached hydrogens (primary N) is 1. The number of aromatic nitrogens is 1. The zero-order valence-electron chi connectivity index (χ0n) is 9.81. The van der Waals surface area contributed by atoms with Gasteiger partial charge in [-0.2, -0.15) is 0 Å². The lowest BCUT2D eigenvalue weighted by Crippen LogP contribution is -2.44. The maximum Gasteiger partial charge on any atom is 0.237 e. The van der Waals surface area contributed by atoms with Gasteiger partial charge in [-0.3, -0.25) is 9.78 Å². The monoisotopic (exact) mass is 221 g/mol. The van der Waals surface area contributed by atoms with Crippen LogP contribution in [-0.4, -0.2) is 23.5 Å². The molecule has 0 aliphatic rings. The molecule has 0 spiro atoms. The van der Waals surface area contributed by atoms with E-state index in [1.807, 2.05) is 26.0 Å². The van der Waals surface area contributed by atoms with Crippen LogP contribution in [0, 0.1) is 5.92 Å². The molecule has 0 fully saturated rings. The summed E-state index contributed by atoms with van der Waals surface area (Å²) in [5, 5.41) is 2.83. The fourth-order valence-corrected chi connectivity index (χ4v) is 1.30. The van der Waals surface area contributed by atoms with Crippen LogP contribution in [0.25, 0.3) is 0 Å². The molecule has 4 heteroatoms. The highest BCUT2D eigenvalue weighted by Crippen LogP contribution is 1.99. The number of pyridine rings is 1. The Kier molecular flexibility index (Phi) is 4.92. The predicted octanol–water partition coefficient (Wildman–Crippen LogP) is 0.724. The van der Waals surface area contributed by atoms with Crippen molar-refractivity contribution in [3.63, 3.8) is 0 Å². The molecule has 0 unspecified atom stereocenters. The van der Waals surface area contributed by atoms with Gasteiger partial charge in [-0.1, -0.05) is 13.8 Å². The summed E-state index contributed by atoms with van der Waals surface area (Å²) in [6.45, 7) is 4.49. The third kappa shape index (κ3) is 3.98. The van der Waals surface area contributed by atoms with Crippen LogP contribution in [0.5, 0.6) is 0 Å². The Morgan fingerprint density at radius 1 is 1.44 bits per heavy atom. The van der Waals surface area contributed by atoms with Crippen LogP contribution < -0.4 is 11.1 Å². The van der Waals surface area contributed by atoms with E-state index in [2.05, 4.69) is 10.3 Å². The van der Waals surface area contributed by atoms with Gasteiger partial charge in [0.25, 0.3) is 0 Å². The summed E-state index contributed by atoms with van der Waals surface area (Å²) in [5.41, 5.74) is 6.88. The van der Waals surface area contributed by atoms with Crippen LogP contribution in [0.2, 0.25) is 0 Å². The highest BCUT2D eigenvalue weighted by atomic mass is 16.2. The maximum absolute atomic E-state index is 11.5. The second kappa shape index (κ2) is 6.23. The van der Waals surface area contributed by atoms with Crippen molar-refractivity contribution in [3.05, 3.63) is 30.1 Å². The Labute approximate surface area is 96.3 Å². The SMILES string of the molecule is CC(C)[C@@H](N)C(=O)NCCc1ccncc1. The van der Waals surface area contributed by atoms with Crippen LogP contribution >= 0.6 is 0 Å². The minimum atomic E-state index is -0.419. The van der Waals surface area contributed by atoms with Gasteiger partial charge in [0.1, 0.15) is 0 Å². The topological polar surface area (TPSA) is 68.0 Å². The highest BCUT2D eigenvalue weighted by molar-refractivity contribution is 5.81. The number of carbonyl (C=O) groups excluding carboxylic acids is 1. The van der Waals surface area contributed by atoms with Crippen LogP contribution in [0.1, 0.15) is 19.4 Å². The summed E-state index contributed by atoms with van der Waals surface area (Å²) >= 11 is 0. The lowest BCUT2D eigenvalue weighted by Gasteiger charge is -2.15. The largest absolute Gasteiger partial charge is 0.354 e. The summed E-state index contributed by atoms with van der Waals surface area (Å²) in [4.78, 5) is 15.5. The number of nitrogens with one attached hydrogen (secondary N) is 1. The van der Waals surface area contributed by atoms with E-state index in [-0.39, 0.29) is 11.8 Å². The molecule has 0 bridgehead atoms. The first kappa shape index (κ1) is 12.6. The molecule has 0 saturated carbocycles. The molecule has 1 amide bonds. The molecule has 0 aliphatic heterocycles. The van der Waals surface area contributed by atoms with Gasteiger partial charge >= 0.3 is 0 Å². The average molecular weight is 221 g/mol. The van der Waals surface area contributed by atoms with E-state index in [0.29, 0.717) is 6.54 Å². The van der Waals surface area contributed by atoms with Crippen molar-refractivity contribution in [1.29, 1.82) is 0 Å². The summed E-state index contributed by atoms with van der Waals surface area (Å²) in [7, 11) is 0. The zero-order chi connectivity index (χ0) is 12.0. The molecule has 1 aromatic rings. The molecule has 0 aromatic carbocycles. The number of nitrogens with zero attached hydrogens (tertiary/aromatic N) is 1.